The number of anilines is 1. The molecule has 3 amide bonds. The maximum absolute atomic E-state index is 11.5. The van der Waals surface area contributed by atoms with E-state index in [0.29, 0.717) is 5.69 Å². The van der Waals surface area contributed by atoms with Gasteiger partial charge in [0.25, 0.3) is 0 Å². The van der Waals surface area contributed by atoms with Gasteiger partial charge in [-0.15, -0.1) is 0 Å². The topological polar surface area (TPSA) is 146 Å². The minimum absolute atomic E-state index is 0.113. The molecule has 1 aromatic carbocycles. The zero-order chi connectivity index (χ0) is 19.5. The van der Waals surface area contributed by atoms with E-state index < -0.39 is 18.2 Å². The number of hydrogen-bond donors (Lipinski definition) is 5. The molecule has 0 aliphatic rings. The van der Waals surface area contributed by atoms with Crippen molar-refractivity contribution in [1.82, 2.24) is 10.6 Å². The highest BCUT2D eigenvalue weighted by Crippen LogP contribution is 2.13. The van der Waals surface area contributed by atoms with E-state index in [1.54, 1.807) is 24.3 Å². The number of carboxylic acid groups (broad SMARTS) is 1. The van der Waals surface area contributed by atoms with Gasteiger partial charge < -0.3 is 21.5 Å². The standard InChI is InChI=1S/C11H15N5O2.C2HF3O2/c1-13-11(18)16-10(12)14-7-9(17)15-8-5-3-2-4-6-8;3-2(4,5)1(6)7/h2-6H,7H2,1H3,(H,15,17)(H4,12,13,14,16,18);(H,6,7). The number of guanidine groups is 1. The number of nitrogens with zero attached hydrogens (tertiary/aromatic N) is 1. The molecule has 0 aliphatic carbocycles. The van der Waals surface area contributed by atoms with Crippen molar-refractivity contribution in [3.8, 4) is 0 Å². The first-order valence-corrected chi connectivity index (χ1v) is 6.50. The Labute approximate surface area is 140 Å². The highest BCUT2D eigenvalue weighted by Gasteiger charge is 2.38. The van der Waals surface area contributed by atoms with Crippen molar-refractivity contribution in [2.45, 2.75) is 6.18 Å². The molecular formula is C13H16F3N5O4. The van der Waals surface area contributed by atoms with Gasteiger partial charge in [0.2, 0.25) is 5.91 Å². The lowest BCUT2D eigenvalue weighted by Gasteiger charge is -2.04. The lowest BCUT2D eigenvalue weighted by molar-refractivity contribution is -0.192. The van der Waals surface area contributed by atoms with Crippen molar-refractivity contribution in [2.75, 3.05) is 18.9 Å². The van der Waals surface area contributed by atoms with Gasteiger partial charge >= 0.3 is 18.2 Å². The zero-order valence-corrected chi connectivity index (χ0v) is 12.9. The van der Waals surface area contributed by atoms with Crippen LogP contribution in [-0.4, -0.2) is 48.7 Å². The van der Waals surface area contributed by atoms with Crippen LogP contribution < -0.4 is 21.7 Å². The number of aliphatic imine (C=N–C) groups is 1. The van der Waals surface area contributed by atoms with Gasteiger partial charge in [0.05, 0.1) is 0 Å². The molecule has 1 aromatic rings. The van der Waals surface area contributed by atoms with Gasteiger partial charge in [-0.1, -0.05) is 18.2 Å². The molecule has 0 unspecified atom stereocenters. The summed E-state index contributed by atoms with van der Waals surface area (Å²) >= 11 is 0. The fraction of sp³-hybridized carbons (Fsp3) is 0.231. The van der Waals surface area contributed by atoms with E-state index in [-0.39, 0.29) is 18.4 Å². The number of alkyl halides is 3. The molecule has 138 valence electrons. The summed E-state index contributed by atoms with van der Waals surface area (Å²) in [5.41, 5.74) is 6.07. The van der Waals surface area contributed by atoms with E-state index in [4.69, 9.17) is 15.6 Å². The molecule has 0 heterocycles. The van der Waals surface area contributed by atoms with Crippen LogP contribution in [0.25, 0.3) is 0 Å². The molecule has 0 radical (unpaired) electrons. The fourth-order valence-electron chi connectivity index (χ4n) is 1.10. The summed E-state index contributed by atoms with van der Waals surface area (Å²) in [4.78, 5) is 35.0. The number of carboxylic acids is 1. The highest BCUT2D eigenvalue weighted by atomic mass is 19.4. The second-order valence-corrected chi connectivity index (χ2v) is 4.12. The minimum atomic E-state index is -5.08. The van der Waals surface area contributed by atoms with Crippen LogP contribution in [-0.2, 0) is 9.59 Å². The second kappa shape index (κ2) is 10.5. The predicted molar refractivity (Wildman–Crippen MR) is 82.8 cm³/mol. The van der Waals surface area contributed by atoms with Gasteiger partial charge in [-0.3, -0.25) is 10.1 Å². The zero-order valence-electron chi connectivity index (χ0n) is 12.9. The number of nitrogens with two attached hydrogens (primary N) is 1. The summed E-state index contributed by atoms with van der Waals surface area (Å²) in [6.45, 7) is -0.162. The smallest absolute Gasteiger partial charge is 0.475 e. The molecule has 0 aromatic heterocycles. The molecule has 0 atom stereocenters. The molecule has 0 bridgehead atoms. The molecular weight excluding hydrogens is 347 g/mol. The number of carbonyl (C=O) groups is 3. The Kier molecular flexibility index (Phi) is 9.08. The van der Waals surface area contributed by atoms with Crippen molar-refractivity contribution < 1.29 is 32.7 Å². The Morgan fingerprint density at radius 3 is 2.16 bits per heavy atom. The molecule has 6 N–H and O–H groups in total. The van der Waals surface area contributed by atoms with Gasteiger partial charge in [0.15, 0.2) is 5.96 Å². The van der Waals surface area contributed by atoms with Gasteiger partial charge in [-0.25, -0.2) is 14.6 Å². The molecule has 0 saturated carbocycles. The number of amides is 3. The summed E-state index contributed by atoms with van der Waals surface area (Å²) in [7, 11) is 1.45. The molecule has 0 fully saturated rings. The minimum Gasteiger partial charge on any atom is -0.475 e. The average Bonchev–Trinajstić information content (AvgIpc) is 2.53. The number of urea groups is 1. The number of nitrogens with one attached hydrogen (secondary N) is 3. The predicted octanol–water partition coefficient (Wildman–Crippen LogP) is 0.502. The van der Waals surface area contributed by atoms with E-state index in [0.717, 1.165) is 0 Å². The Bertz CT molecular complexity index is 620. The summed E-state index contributed by atoms with van der Waals surface area (Å²) in [6, 6.07) is 8.49. The fourth-order valence-corrected chi connectivity index (χ4v) is 1.10. The number of carbonyl (C=O) groups excluding carboxylic acids is 2. The van der Waals surface area contributed by atoms with Crippen molar-refractivity contribution in [3.05, 3.63) is 30.3 Å². The number of hydrogen-bond acceptors (Lipinski definition) is 4. The van der Waals surface area contributed by atoms with E-state index in [1.165, 1.54) is 7.05 Å². The van der Waals surface area contributed by atoms with Gasteiger partial charge in [0.1, 0.15) is 6.54 Å². The summed E-state index contributed by atoms with van der Waals surface area (Å²) < 4.78 is 31.7. The first-order valence-electron chi connectivity index (χ1n) is 6.50. The first-order chi connectivity index (χ1) is 11.6. The molecule has 0 spiro atoms. The molecule has 1 rings (SSSR count). The second-order valence-electron chi connectivity index (χ2n) is 4.12. The van der Waals surface area contributed by atoms with E-state index >= 15 is 0 Å². The van der Waals surface area contributed by atoms with Crippen LogP contribution in [0, 0.1) is 0 Å². The summed E-state index contributed by atoms with van der Waals surface area (Å²) in [5.74, 6) is -3.19. The third kappa shape index (κ3) is 11.0. The first kappa shape index (κ1) is 21.7. The van der Waals surface area contributed by atoms with Crippen LogP contribution in [0.2, 0.25) is 0 Å². The normalized spacial score (nSPS) is 10.8. The van der Waals surface area contributed by atoms with Crippen LogP contribution in [0.4, 0.5) is 23.7 Å². The summed E-state index contributed by atoms with van der Waals surface area (Å²) in [6.07, 6.45) is -5.08. The van der Waals surface area contributed by atoms with Gasteiger partial charge in [-0.2, -0.15) is 13.2 Å². The number of aliphatic carboxylic acids is 1. The van der Waals surface area contributed by atoms with Crippen molar-refractivity contribution in [3.63, 3.8) is 0 Å². The third-order valence-corrected chi connectivity index (χ3v) is 2.16. The Hall–Kier alpha value is -3.31. The van der Waals surface area contributed by atoms with Crippen LogP contribution >= 0.6 is 0 Å². The largest absolute Gasteiger partial charge is 0.490 e. The van der Waals surface area contributed by atoms with E-state index in [9.17, 15) is 22.8 Å². The van der Waals surface area contributed by atoms with Crippen LogP contribution in [0.15, 0.2) is 35.3 Å². The van der Waals surface area contributed by atoms with Crippen molar-refractivity contribution >= 4 is 29.6 Å². The molecule has 0 aliphatic heterocycles. The van der Waals surface area contributed by atoms with Crippen molar-refractivity contribution in [1.29, 1.82) is 0 Å². The Morgan fingerprint density at radius 1 is 1.20 bits per heavy atom. The Balaban J connectivity index is 0.000000697. The number of benzene rings is 1. The molecule has 9 nitrogen and oxygen atoms in total. The molecule has 12 heteroatoms. The maximum atomic E-state index is 11.5. The average molecular weight is 363 g/mol. The Morgan fingerprint density at radius 2 is 1.72 bits per heavy atom. The molecule has 25 heavy (non-hydrogen) atoms. The number of halogens is 3. The van der Waals surface area contributed by atoms with Crippen LogP contribution in [0.3, 0.4) is 0 Å². The third-order valence-electron chi connectivity index (χ3n) is 2.16. The highest BCUT2D eigenvalue weighted by molar-refractivity contribution is 5.97. The number of para-hydroxylation sites is 1. The van der Waals surface area contributed by atoms with Crippen LogP contribution in [0.1, 0.15) is 0 Å². The van der Waals surface area contributed by atoms with Gasteiger partial charge in [0, 0.05) is 12.7 Å². The molecule has 0 saturated heterocycles. The monoisotopic (exact) mass is 363 g/mol. The van der Waals surface area contributed by atoms with E-state index in [1.807, 2.05) is 6.07 Å². The van der Waals surface area contributed by atoms with Crippen molar-refractivity contribution in [2.24, 2.45) is 10.7 Å². The SMILES string of the molecule is CNC(=O)NC(N)=NCC(=O)Nc1ccccc1.O=C(O)C(F)(F)F. The lowest BCUT2D eigenvalue weighted by atomic mass is 10.3. The summed E-state index contributed by atoms with van der Waals surface area (Å²) in [5, 5.41) is 14.3. The van der Waals surface area contributed by atoms with E-state index in [2.05, 4.69) is 20.9 Å². The van der Waals surface area contributed by atoms with Gasteiger partial charge in [-0.05, 0) is 12.1 Å². The number of rotatable bonds is 3. The lowest BCUT2D eigenvalue weighted by Crippen LogP contribution is -2.42. The quantitative estimate of drug-likeness (QED) is 0.392. The maximum Gasteiger partial charge on any atom is 0.490 e. The van der Waals surface area contributed by atoms with Crippen LogP contribution in [0.5, 0.6) is 0 Å².